The molecule has 0 fully saturated rings. The van der Waals surface area contributed by atoms with Crippen molar-refractivity contribution in [2.75, 3.05) is 0 Å². The Morgan fingerprint density at radius 3 is 1.83 bits per heavy atom. The summed E-state index contributed by atoms with van der Waals surface area (Å²) < 4.78 is 0. The summed E-state index contributed by atoms with van der Waals surface area (Å²) in [5.74, 6) is 0. The minimum absolute atomic E-state index is 0.161. The summed E-state index contributed by atoms with van der Waals surface area (Å²) in [5, 5.41) is 0.161. The van der Waals surface area contributed by atoms with E-state index in [1.807, 2.05) is 0 Å². The van der Waals surface area contributed by atoms with Gasteiger partial charge in [0.25, 0.3) is 0 Å². The van der Waals surface area contributed by atoms with Gasteiger partial charge in [0.1, 0.15) is 0 Å². The van der Waals surface area contributed by atoms with Gasteiger partial charge in [-0.1, -0.05) is 75.7 Å². The van der Waals surface area contributed by atoms with E-state index in [1.165, 1.54) is 18.0 Å². The van der Waals surface area contributed by atoms with Crippen LogP contribution in [-0.2, 0) is 5.04 Å². The van der Waals surface area contributed by atoms with Crippen LogP contribution in [0.15, 0.2) is 30.3 Å². The highest BCUT2D eigenvalue weighted by atomic mass is 28.3. The Morgan fingerprint density at radius 2 is 1.44 bits per heavy atom. The van der Waals surface area contributed by atoms with Crippen LogP contribution in [0.5, 0.6) is 0 Å². The summed E-state index contributed by atoms with van der Waals surface area (Å²) in [6, 6.07) is 12.3. The lowest BCUT2D eigenvalue weighted by Crippen LogP contribution is -2.48. The lowest BCUT2D eigenvalue weighted by molar-refractivity contribution is 0.674. The van der Waals surface area contributed by atoms with Crippen molar-refractivity contribution in [3.8, 4) is 0 Å². The lowest BCUT2D eigenvalue weighted by Gasteiger charge is -2.42. The van der Waals surface area contributed by atoms with Crippen LogP contribution < -0.4 is 0 Å². The van der Waals surface area contributed by atoms with Crippen LogP contribution >= 0.6 is 0 Å². The van der Waals surface area contributed by atoms with Gasteiger partial charge in [-0.15, -0.1) is 0 Å². The maximum atomic E-state index is 4.70. The Hall–Kier alpha value is -0.346. The van der Waals surface area contributed by atoms with Gasteiger partial charge in [-0.05, 0) is 23.9 Å². The van der Waals surface area contributed by atoms with Crippen molar-refractivity contribution < 1.29 is 0 Å². The first kappa shape index (κ1) is 15.7. The molecule has 1 atom stereocenters. The van der Waals surface area contributed by atoms with Crippen molar-refractivity contribution in [3.05, 3.63) is 42.8 Å². The molecule has 0 saturated carbocycles. The van der Waals surface area contributed by atoms with Crippen LogP contribution in [0.4, 0.5) is 0 Å². The van der Waals surface area contributed by atoms with Crippen LogP contribution in [0.2, 0.25) is 45.3 Å². The molecule has 101 valence electrons. The second kappa shape index (κ2) is 5.34. The molecular weight excluding hydrogens is 248 g/mol. The zero-order chi connectivity index (χ0) is 14.0. The summed E-state index contributed by atoms with van der Waals surface area (Å²) in [5.41, 5.74) is 1.45. The molecule has 0 nitrogen and oxygen atoms in total. The first-order valence-corrected chi connectivity index (χ1v) is 14.2. The number of hydrogen-bond acceptors (Lipinski definition) is 0. The van der Waals surface area contributed by atoms with Gasteiger partial charge in [0.05, 0.1) is 8.07 Å². The fourth-order valence-electron chi connectivity index (χ4n) is 2.30. The molecular formula is C16H29Si2. The van der Waals surface area contributed by atoms with Crippen LogP contribution in [0, 0.1) is 6.92 Å². The summed E-state index contributed by atoms with van der Waals surface area (Å²) >= 11 is 0. The molecule has 0 spiro atoms. The fourth-order valence-corrected chi connectivity index (χ4v) is 5.63. The molecule has 0 bridgehead atoms. The van der Waals surface area contributed by atoms with Gasteiger partial charge >= 0.3 is 0 Å². The highest BCUT2D eigenvalue weighted by Crippen LogP contribution is 2.39. The monoisotopic (exact) mass is 277 g/mol. The molecule has 0 aromatic heterocycles. The second-order valence-electron chi connectivity index (χ2n) is 7.76. The number of hydrogen-bond donors (Lipinski definition) is 0. The summed E-state index contributed by atoms with van der Waals surface area (Å²) in [7, 11) is -2.34. The summed E-state index contributed by atoms with van der Waals surface area (Å²) in [6.45, 7) is 19.4. The zero-order valence-corrected chi connectivity index (χ0v) is 15.0. The minimum Gasteiger partial charge on any atom is -0.0695 e. The third-order valence-electron chi connectivity index (χ3n) is 4.06. The molecule has 2 heteroatoms. The van der Waals surface area contributed by atoms with Crippen molar-refractivity contribution >= 4 is 16.1 Å². The zero-order valence-electron chi connectivity index (χ0n) is 13.0. The quantitative estimate of drug-likeness (QED) is 0.635. The molecule has 1 aromatic carbocycles. The van der Waals surface area contributed by atoms with Gasteiger partial charge in [0, 0.05) is 8.07 Å². The SMILES string of the molecule is [CH2]C(CC[Si](C)(C)C)(c1ccccc1)[Si](C)(C)C. The van der Waals surface area contributed by atoms with Gasteiger partial charge in [-0.25, -0.2) is 0 Å². The van der Waals surface area contributed by atoms with Gasteiger partial charge in [0.2, 0.25) is 0 Å². The molecule has 0 aliphatic rings. The second-order valence-corrected chi connectivity index (χ2v) is 18.8. The lowest BCUT2D eigenvalue weighted by atomic mass is 9.97. The van der Waals surface area contributed by atoms with E-state index in [0.717, 1.165) is 0 Å². The Labute approximate surface area is 116 Å². The van der Waals surface area contributed by atoms with E-state index < -0.39 is 16.1 Å². The van der Waals surface area contributed by atoms with Crippen molar-refractivity contribution in [1.29, 1.82) is 0 Å². The predicted octanol–water partition coefficient (Wildman–Crippen LogP) is 5.36. The molecule has 0 heterocycles. The van der Waals surface area contributed by atoms with Crippen molar-refractivity contribution in [1.82, 2.24) is 0 Å². The molecule has 1 rings (SSSR count). The van der Waals surface area contributed by atoms with E-state index in [2.05, 4.69) is 69.6 Å². The summed E-state index contributed by atoms with van der Waals surface area (Å²) in [4.78, 5) is 0. The minimum atomic E-state index is -1.34. The standard InChI is InChI=1S/C16H29Si2/c1-16(18(5,6)7,13-14-17(2,3)4)15-11-9-8-10-12-15/h8-12H,1,13-14H2,2-7H3. The smallest absolute Gasteiger partial charge is 0.0556 e. The third kappa shape index (κ3) is 3.82. The average molecular weight is 278 g/mol. The first-order chi connectivity index (χ1) is 8.06. The highest BCUT2D eigenvalue weighted by Gasteiger charge is 2.40. The van der Waals surface area contributed by atoms with Crippen LogP contribution in [0.3, 0.4) is 0 Å². The summed E-state index contributed by atoms with van der Waals surface area (Å²) in [6.07, 6.45) is 1.25. The van der Waals surface area contributed by atoms with E-state index >= 15 is 0 Å². The van der Waals surface area contributed by atoms with E-state index in [9.17, 15) is 0 Å². The molecule has 0 aliphatic heterocycles. The molecule has 0 aliphatic carbocycles. The molecule has 1 radical (unpaired) electrons. The maximum absolute atomic E-state index is 4.70. The molecule has 1 unspecified atom stereocenters. The topological polar surface area (TPSA) is 0 Å². The average Bonchev–Trinajstić information content (AvgIpc) is 2.24. The Bertz CT molecular complexity index is 370. The van der Waals surface area contributed by atoms with Crippen molar-refractivity contribution in [2.45, 2.75) is 56.8 Å². The number of benzene rings is 1. The number of rotatable bonds is 5. The van der Waals surface area contributed by atoms with E-state index in [4.69, 9.17) is 6.92 Å². The van der Waals surface area contributed by atoms with E-state index in [-0.39, 0.29) is 5.04 Å². The van der Waals surface area contributed by atoms with Crippen LogP contribution in [-0.4, -0.2) is 16.1 Å². The molecule has 1 aromatic rings. The van der Waals surface area contributed by atoms with Crippen molar-refractivity contribution in [3.63, 3.8) is 0 Å². The molecule has 0 amide bonds. The van der Waals surface area contributed by atoms with E-state index in [0.29, 0.717) is 0 Å². The maximum Gasteiger partial charge on any atom is 0.0556 e. The Kier molecular flexibility index (Phi) is 4.66. The third-order valence-corrected chi connectivity index (χ3v) is 9.22. The highest BCUT2D eigenvalue weighted by molar-refractivity contribution is 6.80. The van der Waals surface area contributed by atoms with Crippen LogP contribution in [0.1, 0.15) is 12.0 Å². The van der Waals surface area contributed by atoms with Gasteiger partial charge < -0.3 is 0 Å². The van der Waals surface area contributed by atoms with E-state index in [1.54, 1.807) is 0 Å². The van der Waals surface area contributed by atoms with Gasteiger partial charge in [-0.2, -0.15) is 0 Å². The first-order valence-electron chi connectivity index (χ1n) is 6.97. The molecule has 18 heavy (non-hydrogen) atoms. The Balaban J connectivity index is 3.05. The van der Waals surface area contributed by atoms with Crippen LogP contribution in [0.25, 0.3) is 0 Å². The largest absolute Gasteiger partial charge is 0.0695 e. The van der Waals surface area contributed by atoms with Gasteiger partial charge in [-0.3, -0.25) is 0 Å². The molecule has 0 N–H and O–H groups in total. The fraction of sp³-hybridized carbons (Fsp3) is 0.562. The Morgan fingerprint density at radius 1 is 0.944 bits per heavy atom. The van der Waals surface area contributed by atoms with Crippen molar-refractivity contribution in [2.24, 2.45) is 0 Å². The predicted molar refractivity (Wildman–Crippen MR) is 89.6 cm³/mol. The molecule has 0 saturated heterocycles. The van der Waals surface area contributed by atoms with Gasteiger partial charge in [0.15, 0.2) is 0 Å². The normalized spacial score (nSPS) is 16.4.